The Labute approximate surface area is 122 Å². The first-order valence-electron chi connectivity index (χ1n) is 7.24. The molecule has 1 saturated heterocycles. The van der Waals surface area contributed by atoms with Crippen molar-refractivity contribution in [3.63, 3.8) is 0 Å². The van der Waals surface area contributed by atoms with Gasteiger partial charge in [0.2, 0.25) is 0 Å². The molecule has 0 spiro atoms. The molecule has 5 heteroatoms. The highest BCUT2D eigenvalue weighted by molar-refractivity contribution is 7.90. The summed E-state index contributed by atoms with van der Waals surface area (Å²) in [6.07, 6.45) is 6.09. The van der Waals surface area contributed by atoms with Gasteiger partial charge in [-0.3, -0.25) is 0 Å². The SMILES string of the molecule is CNCCC1CCCCN1c1ccc(S(C)(=O)=O)cc1. The van der Waals surface area contributed by atoms with E-state index in [4.69, 9.17) is 0 Å². The Morgan fingerprint density at radius 1 is 1.25 bits per heavy atom. The average Bonchev–Trinajstić information content (AvgIpc) is 2.45. The van der Waals surface area contributed by atoms with E-state index in [2.05, 4.69) is 10.2 Å². The van der Waals surface area contributed by atoms with E-state index >= 15 is 0 Å². The van der Waals surface area contributed by atoms with E-state index in [0.29, 0.717) is 10.9 Å². The van der Waals surface area contributed by atoms with E-state index in [-0.39, 0.29) is 0 Å². The number of anilines is 1. The van der Waals surface area contributed by atoms with Crippen LogP contribution >= 0.6 is 0 Å². The van der Waals surface area contributed by atoms with Crippen LogP contribution in [0.3, 0.4) is 0 Å². The fourth-order valence-corrected chi connectivity index (χ4v) is 3.47. The number of hydrogen-bond acceptors (Lipinski definition) is 4. The van der Waals surface area contributed by atoms with Crippen LogP contribution in [0, 0.1) is 0 Å². The molecule has 20 heavy (non-hydrogen) atoms. The lowest BCUT2D eigenvalue weighted by molar-refractivity contribution is 0.433. The van der Waals surface area contributed by atoms with Gasteiger partial charge in [0, 0.05) is 24.5 Å². The minimum absolute atomic E-state index is 0.394. The Bertz CT molecular complexity index is 525. The van der Waals surface area contributed by atoms with Crippen LogP contribution in [0.4, 0.5) is 5.69 Å². The summed E-state index contributed by atoms with van der Waals surface area (Å²) in [6.45, 7) is 2.08. The third kappa shape index (κ3) is 3.73. The fraction of sp³-hybridized carbons (Fsp3) is 0.600. The maximum absolute atomic E-state index is 11.5. The summed E-state index contributed by atoms with van der Waals surface area (Å²) >= 11 is 0. The number of hydrogen-bond donors (Lipinski definition) is 1. The summed E-state index contributed by atoms with van der Waals surface area (Å²) < 4.78 is 23.0. The van der Waals surface area contributed by atoms with Crippen LogP contribution in [0.2, 0.25) is 0 Å². The van der Waals surface area contributed by atoms with Gasteiger partial charge in [0.15, 0.2) is 9.84 Å². The molecular weight excluding hydrogens is 272 g/mol. The van der Waals surface area contributed by atoms with Gasteiger partial charge in [0.25, 0.3) is 0 Å². The molecule has 1 atom stereocenters. The molecule has 0 radical (unpaired) electrons. The van der Waals surface area contributed by atoms with Gasteiger partial charge in [-0.25, -0.2) is 8.42 Å². The summed E-state index contributed by atoms with van der Waals surface area (Å²) in [5.41, 5.74) is 1.14. The molecule has 1 unspecified atom stereocenters. The van der Waals surface area contributed by atoms with E-state index in [0.717, 1.165) is 25.2 Å². The Morgan fingerprint density at radius 2 is 1.95 bits per heavy atom. The van der Waals surface area contributed by atoms with Crippen LogP contribution in [-0.2, 0) is 9.84 Å². The first kappa shape index (κ1) is 15.3. The third-order valence-electron chi connectivity index (χ3n) is 3.95. The van der Waals surface area contributed by atoms with Crippen molar-refractivity contribution in [1.29, 1.82) is 0 Å². The lowest BCUT2D eigenvalue weighted by atomic mass is 9.98. The van der Waals surface area contributed by atoms with Gasteiger partial charge in [-0.2, -0.15) is 0 Å². The van der Waals surface area contributed by atoms with Crippen molar-refractivity contribution in [3.05, 3.63) is 24.3 Å². The molecule has 0 bridgehead atoms. The molecule has 0 saturated carbocycles. The zero-order valence-electron chi connectivity index (χ0n) is 12.3. The van der Waals surface area contributed by atoms with Gasteiger partial charge in [-0.05, 0) is 63.5 Å². The summed E-state index contributed by atoms with van der Waals surface area (Å²) in [5.74, 6) is 0. The van der Waals surface area contributed by atoms with Gasteiger partial charge in [0.05, 0.1) is 4.90 Å². The maximum Gasteiger partial charge on any atom is 0.175 e. The first-order valence-corrected chi connectivity index (χ1v) is 9.13. The molecule has 0 aliphatic carbocycles. The van der Waals surface area contributed by atoms with Gasteiger partial charge in [-0.15, -0.1) is 0 Å². The second-order valence-electron chi connectivity index (χ2n) is 5.50. The van der Waals surface area contributed by atoms with Crippen LogP contribution < -0.4 is 10.2 Å². The highest BCUT2D eigenvalue weighted by atomic mass is 32.2. The van der Waals surface area contributed by atoms with E-state index in [1.165, 1.54) is 25.5 Å². The van der Waals surface area contributed by atoms with Crippen molar-refractivity contribution in [2.24, 2.45) is 0 Å². The molecule has 1 N–H and O–H groups in total. The number of nitrogens with one attached hydrogen (secondary N) is 1. The topological polar surface area (TPSA) is 49.4 Å². The van der Waals surface area contributed by atoms with E-state index < -0.39 is 9.84 Å². The molecule has 112 valence electrons. The Morgan fingerprint density at radius 3 is 2.55 bits per heavy atom. The Kier molecular flexibility index (Phi) is 5.05. The molecule has 1 fully saturated rings. The number of nitrogens with zero attached hydrogens (tertiary/aromatic N) is 1. The highest BCUT2D eigenvalue weighted by Crippen LogP contribution is 2.27. The smallest absolute Gasteiger partial charge is 0.175 e. The van der Waals surface area contributed by atoms with E-state index in [1.54, 1.807) is 12.1 Å². The van der Waals surface area contributed by atoms with Gasteiger partial charge < -0.3 is 10.2 Å². The largest absolute Gasteiger partial charge is 0.369 e. The fourth-order valence-electron chi connectivity index (χ4n) is 2.84. The molecule has 1 aromatic carbocycles. The molecule has 1 heterocycles. The molecule has 1 aliphatic heterocycles. The highest BCUT2D eigenvalue weighted by Gasteiger charge is 2.22. The molecule has 1 aromatic rings. The monoisotopic (exact) mass is 296 g/mol. The van der Waals surface area contributed by atoms with Crippen molar-refractivity contribution in [2.45, 2.75) is 36.6 Å². The second kappa shape index (κ2) is 6.59. The summed E-state index contributed by atoms with van der Waals surface area (Å²) in [4.78, 5) is 2.82. The van der Waals surface area contributed by atoms with Crippen LogP contribution in [-0.4, -0.2) is 40.9 Å². The lowest BCUT2D eigenvalue weighted by Crippen LogP contribution is -2.41. The van der Waals surface area contributed by atoms with Gasteiger partial charge in [-0.1, -0.05) is 0 Å². The third-order valence-corrected chi connectivity index (χ3v) is 5.08. The standard InChI is InChI=1S/C15H24N2O2S/c1-16-11-10-13-5-3-4-12-17(13)14-6-8-15(9-7-14)20(2,18)19/h6-9,13,16H,3-5,10-12H2,1-2H3. The van der Waals surface area contributed by atoms with Crippen LogP contribution in [0.15, 0.2) is 29.2 Å². The minimum atomic E-state index is -3.11. The molecule has 4 nitrogen and oxygen atoms in total. The van der Waals surface area contributed by atoms with Crippen molar-refractivity contribution in [1.82, 2.24) is 5.32 Å². The van der Waals surface area contributed by atoms with Gasteiger partial charge >= 0.3 is 0 Å². The minimum Gasteiger partial charge on any atom is -0.369 e. The maximum atomic E-state index is 11.5. The molecule has 0 amide bonds. The van der Waals surface area contributed by atoms with E-state index in [1.807, 2.05) is 19.2 Å². The van der Waals surface area contributed by atoms with Crippen LogP contribution in [0.1, 0.15) is 25.7 Å². The van der Waals surface area contributed by atoms with E-state index in [9.17, 15) is 8.42 Å². The quantitative estimate of drug-likeness (QED) is 0.903. The predicted molar refractivity (Wildman–Crippen MR) is 83.1 cm³/mol. The number of piperidine rings is 1. The number of sulfone groups is 1. The average molecular weight is 296 g/mol. The van der Waals surface area contributed by atoms with Gasteiger partial charge in [0.1, 0.15) is 0 Å². The van der Waals surface area contributed by atoms with Crippen LogP contribution in [0.5, 0.6) is 0 Å². The summed E-state index contributed by atoms with van der Waals surface area (Å²) in [5, 5.41) is 3.21. The zero-order valence-corrected chi connectivity index (χ0v) is 13.1. The van der Waals surface area contributed by atoms with Crippen molar-refractivity contribution < 1.29 is 8.42 Å². The first-order chi connectivity index (χ1) is 9.52. The van der Waals surface area contributed by atoms with Crippen molar-refractivity contribution >= 4 is 15.5 Å². The van der Waals surface area contributed by atoms with Crippen molar-refractivity contribution in [2.75, 3.05) is 31.3 Å². The molecule has 1 aliphatic rings. The second-order valence-corrected chi connectivity index (χ2v) is 7.52. The number of benzene rings is 1. The summed E-state index contributed by atoms with van der Waals surface area (Å²) in [6, 6.07) is 7.87. The molecule has 0 aromatic heterocycles. The van der Waals surface area contributed by atoms with Crippen molar-refractivity contribution in [3.8, 4) is 0 Å². The lowest BCUT2D eigenvalue weighted by Gasteiger charge is -2.37. The Balaban J connectivity index is 2.15. The molecular formula is C15H24N2O2S. The Hall–Kier alpha value is -1.07. The predicted octanol–water partition coefficient (Wildman–Crippen LogP) is 2.06. The van der Waals surface area contributed by atoms with Crippen LogP contribution in [0.25, 0.3) is 0 Å². The zero-order chi connectivity index (χ0) is 14.6. The summed E-state index contributed by atoms with van der Waals surface area (Å²) in [7, 11) is -1.13. The number of rotatable bonds is 5. The molecule has 2 rings (SSSR count). The normalized spacial score (nSPS) is 20.1.